The highest BCUT2D eigenvalue weighted by Gasteiger charge is 2.26. The Bertz CT molecular complexity index is 879. The number of nitrogens with zero attached hydrogens (tertiary/aromatic N) is 3. The molecule has 1 aromatic carbocycles. The number of hydrogen-bond donors (Lipinski definition) is 1. The number of rotatable bonds is 3. The van der Waals surface area contributed by atoms with Crippen molar-refractivity contribution in [3.63, 3.8) is 0 Å². The summed E-state index contributed by atoms with van der Waals surface area (Å²) in [5.74, 6) is -0.241. The molecule has 128 valence electrons. The molecule has 0 bridgehead atoms. The molecule has 1 fully saturated rings. The van der Waals surface area contributed by atoms with Gasteiger partial charge in [-0.25, -0.2) is 8.42 Å². The van der Waals surface area contributed by atoms with Gasteiger partial charge in [-0.15, -0.1) is 0 Å². The summed E-state index contributed by atoms with van der Waals surface area (Å²) in [6, 6.07) is 4.66. The van der Waals surface area contributed by atoms with E-state index in [9.17, 15) is 13.2 Å². The van der Waals surface area contributed by atoms with Gasteiger partial charge < -0.3 is 5.32 Å². The molecule has 2 heterocycles. The number of amides is 1. The molecule has 0 radical (unpaired) electrons. The maximum atomic E-state index is 12.3. The Morgan fingerprint density at radius 2 is 2.12 bits per heavy atom. The summed E-state index contributed by atoms with van der Waals surface area (Å²) in [5, 5.41) is 6.87. The first-order valence-corrected chi connectivity index (χ1v) is 9.45. The van der Waals surface area contributed by atoms with Crippen molar-refractivity contribution in [2.24, 2.45) is 7.05 Å². The Kier molecular flexibility index (Phi) is 4.51. The molecule has 1 aromatic heterocycles. The van der Waals surface area contributed by atoms with E-state index >= 15 is 0 Å². The van der Waals surface area contributed by atoms with Crippen molar-refractivity contribution < 1.29 is 13.2 Å². The molecule has 1 aliphatic heterocycles. The molecule has 24 heavy (non-hydrogen) atoms. The summed E-state index contributed by atoms with van der Waals surface area (Å²) in [7, 11) is -1.56. The fourth-order valence-corrected chi connectivity index (χ4v) is 4.50. The number of sulfonamides is 1. The summed E-state index contributed by atoms with van der Waals surface area (Å²) in [6.07, 6.45) is 4.67. The van der Waals surface area contributed by atoms with Crippen LogP contribution in [0.5, 0.6) is 0 Å². The molecule has 1 N–H and O–H groups in total. The Morgan fingerprint density at radius 1 is 1.33 bits per heavy atom. The number of carbonyl (C=O) groups excluding carboxylic acids is 1. The predicted molar refractivity (Wildman–Crippen MR) is 93.0 cm³/mol. The minimum Gasteiger partial charge on any atom is -0.319 e. The highest BCUT2D eigenvalue weighted by molar-refractivity contribution is 7.92. The van der Waals surface area contributed by atoms with E-state index in [1.165, 1.54) is 22.6 Å². The lowest BCUT2D eigenvalue weighted by atomic mass is 10.2. The van der Waals surface area contributed by atoms with E-state index in [4.69, 9.17) is 11.6 Å². The van der Waals surface area contributed by atoms with E-state index in [2.05, 4.69) is 10.4 Å². The molecule has 0 spiro atoms. The molecule has 0 saturated carbocycles. The maximum Gasteiger partial charge on any atom is 0.257 e. The van der Waals surface area contributed by atoms with Crippen LogP contribution in [0.25, 0.3) is 0 Å². The number of hydrogen-bond acceptors (Lipinski definition) is 4. The van der Waals surface area contributed by atoms with Crippen LogP contribution in [0, 0.1) is 0 Å². The highest BCUT2D eigenvalue weighted by Crippen LogP contribution is 2.28. The third-order valence-electron chi connectivity index (χ3n) is 3.80. The number of aryl methyl sites for hydroxylation is 1. The zero-order valence-electron chi connectivity index (χ0n) is 13.1. The van der Waals surface area contributed by atoms with E-state index < -0.39 is 10.0 Å². The minimum atomic E-state index is -3.31. The van der Waals surface area contributed by atoms with Crippen molar-refractivity contribution in [1.82, 2.24) is 9.78 Å². The van der Waals surface area contributed by atoms with Gasteiger partial charge in [0.2, 0.25) is 10.0 Å². The van der Waals surface area contributed by atoms with Gasteiger partial charge >= 0.3 is 0 Å². The van der Waals surface area contributed by atoms with Crippen molar-refractivity contribution in [2.75, 3.05) is 21.9 Å². The van der Waals surface area contributed by atoms with Crippen LogP contribution in [0.1, 0.15) is 23.2 Å². The lowest BCUT2D eigenvalue weighted by Gasteiger charge is -2.28. The Labute approximate surface area is 145 Å². The number of nitrogens with one attached hydrogen (secondary N) is 1. The standard InChI is InChI=1S/C15H17ClN4O3S/c1-19-10-11(9-17-19)18-15(21)13-5-4-12(8-14(13)16)20-6-2-3-7-24(20,22)23/h4-5,8-10H,2-3,6-7H2,1H3,(H,18,21). The summed E-state index contributed by atoms with van der Waals surface area (Å²) in [4.78, 5) is 12.3. The maximum absolute atomic E-state index is 12.3. The van der Waals surface area contributed by atoms with E-state index in [1.807, 2.05) is 0 Å². The molecule has 7 nitrogen and oxygen atoms in total. The highest BCUT2D eigenvalue weighted by atomic mass is 35.5. The smallest absolute Gasteiger partial charge is 0.257 e. The number of benzene rings is 1. The van der Waals surface area contributed by atoms with Crippen LogP contribution in [0.15, 0.2) is 30.6 Å². The molecule has 1 amide bonds. The van der Waals surface area contributed by atoms with E-state index in [0.29, 0.717) is 24.3 Å². The summed E-state index contributed by atoms with van der Waals surface area (Å²) in [5.41, 5.74) is 1.32. The summed E-state index contributed by atoms with van der Waals surface area (Å²) in [6.45, 7) is 0.430. The number of anilines is 2. The Hall–Kier alpha value is -2.06. The molecule has 3 rings (SSSR count). The van der Waals surface area contributed by atoms with Crippen molar-refractivity contribution in [2.45, 2.75) is 12.8 Å². The summed E-state index contributed by atoms with van der Waals surface area (Å²) >= 11 is 6.20. The van der Waals surface area contributed by atoms with Gasteiger partial charge in [0.15, 0.2) is 0 Å². The van der Waals surface area contributed by atoms with Crippen LogP contribution < -0.4 is 9.62 Å². The minimum absolute atomic E-state index is 0.133. The average molecular weight is 369 g/mol. The van der Waals surface area contributed by atoms with E-state index in [1.54, 1.807) is 24.0 Å². The van der Waals surface area contributed by atoms with Crippen molar-refractivity contribution in [3.05, 3.63) is 41.2 Å². The van der Waals surface area contributed by atoms with Gasteiger partial charge in [-0.2, -0.15) is 5.10 Å². The number of aromatic nitrogens is 2. The van der Waals surface area contributed by atoms with E-state index in [0.717, 1.165) is 6.42 Å². The van der Waals surface area contributed by atoms with Crippen LogP contribution in [-0.2, 0) is 17.1 Å². The van der Waals surface area contributed by atoms with Crippen LogP contribution in [0.4, 0.5) is 11.4 Å². The second-order valence-electron chi connectivity index (χ2n) is 5.62. The monoisotopic (exact) mass is 368 g/mol. The van der Waals surface area contributed by atoms with Gasteiger partial charge in [0.25, 0.3) is 5.91 Å². The zero-order chi connectivity index (χ0) is 17.3. The fraction of sp³-hybridized carbons (Fsp3) is 0.333. The first-order chi connectivity index (χ1) is 11.4. The van der Waals surface area contributed by atoms with Gasteiger partial charge in [-0.3, -0.25) is 13.8 Å². The lowest BCUT2D eigenvalue weighted by molar-refractivity contribution is 0.102. The first kappa shape index (κ1) is 16.8. The molecule has 0 aliphatic carbocycles. The number of halogens is 1. The van der Waals surface area contributed by atoms with Crippen molar-refractivity contribution in [1.29, 1.82) is 0 Å². The second kappa shape index (κ2) is 6.45. The number of carbonyl (C=O) groups is 1. The third-order valence-corrected chi connectivity index (χ3v) is 5.98. The van der Waals surface area contributed by atoms with Crippen LogP contribution in [0.2, 0.25) is 5.02 Å². The molecule has 1 aliphatic rings. The fourth-order valence-electron chi connectivity index (χ4n) is 2.61. The van der Waals surface area contributed by atoms with Crippen LogP contribution in [0.3, 0.4) is 0 Å². The average Bonchev–Trinajstić information content (AvgIpc) is 2.91. The van der Waals surface area contributed by atoms with Crippen molar-refractivity contribution in [3.8, 4) is 0 Å². The van der Waals surface area contributed by atoms with Gasteiger partial charge in [-0.1, -0.05) is 11.6 Å². The largest absolute Gasteiger partial charge is 0.319 e. The lowest BCUT2D eigenvalue weighted by Crippen LogP contribution is -2.37. The Balaban J connectivity index is 1.83. The molecule has 0 atom stereocenters. The molecule has 9 heteroatoms. The first-order valence-electron chi connectivity index (χ1n) is 7.47. The van der Waals surface area contributed by atoms with Crippen LogP contribution >= 0.6 is 11.6 Å². The van der Waals surface area contributed by atoms with Crippen LogP contribution in [-0.4, -0.2) is 36.4 Å². The molecule has 0 unspecified atom stereocenters. The topological polar surface area (TPSA) is 84.3 Å². The predicted octanol–water partition coefficient (Wildman–Crippen LogP) is 2.26. The molecule has 2 aromatic rings. The van der Waals surface area contributed by atoms with Gasteiger partial charge in [0.1, 0.15) is 0 Å². The zero-order valence-corrected chi connectivity index (χ0v) is 14.6. The quantitative estimate of drug-likeness (QED) is 0.900. The Morgan fingerprint density at radius 3 is 2.75 bits per heavy atom. The third kappa shape index (κ3) is 3.39. The molecular formula is C15H17ClN4O3S. The summed E-state index contributed by atoms with van der Waals surface area (Å²) < 4.78 is 27.2. The molecule has 1 saturated heterocycles. The van der Waals surface area contributed by atoms with Gasteiger partial charge in [-0.05, 0) is 31.0 Å². The van der Waals surface area contributed by atoms with Crippen molar-refractivity contribution >= 4 is 38.9 Å². The van der Waals surface area contributed by atoms with Gasteiger partial charge in [0, 0.05) is 19.8 Å². The van der Waals surface area contributed by atoms with E-state index in [-0.39, 0.29) is 22.2 Å². The SMILES string of the molecule is Cn1cc(NC(=O)c2ccc(N3CCCCS3(=O)=O)cc2Cl)cn1. The van der Waals surface area contributed by atoms with Gasteiger partial charge in [0.05, 0.1) is 33.9 Å². The second-order valence-corrected chi connectivity index (χ2v) is 8.04. The normalized spacial score (nSPS) is 16.8. The molecular weight excluding hydrogens is 352 g/mol.